The normalized spacial score (nSPS) is 33.6. The average Bonchev–Trinajstić information content (AvgIpc) is 3.24. The number of benzene rings is 1. The number of hydrogen-bond donors (Lipinski definition) is 1. The van der Waals surface area contributed by atoms with Crippen molar-refractivity contribution in [2.75, 3.05) is 26.7 Å². The van der Waals surface area contributed by atoms with Crippen LogP contribution in [0.1, 0.15) is 61.7 Å². The van der Waals surface area contributed by atoms with Gasteiger partial charge in [0.05, 0.1) is 11.1 Å². The number of halogens is 1. The summed E-state index contributed by atoms with van der Waals surface area (Å²) in [6.07, 6.45) is 9.45. The van der Waals surface area contributed by atoms with Crippen molar-refractivity contribution in [2.45, 2.75) is 62.4 Å². The van der Waals surface area contributed by atoms with Crippen LogP contribution in [0.15, 0.2) is 23.1 Å². The van der Waals surface area contributed by atoms with Crippen molar-refractivity contribution < 1.29 is 17.9 Å². The smallest absolute Gasteiger partial charge is 0.253 e. The van der Waals surface area contributed by atoms with Crippen LogP contribution in [0.3, 0.4) is 0 Å². The molecular formula is C24H33ClN2O4S. The van der Waals surface area contributed by atoms with Crippen LogP contribution in [0.4, 0.5) is 0 Å². The Morgan fingerprint density at radius 3 is 2.44 bits per heavy atom. The average molecular weight is 481 g/mol. The molecule has 1 aromatic carbocycles. The van der Waals surface area contributed by atoms with Gasteiger partial charge < -0.3 is 9.64 Å². The molecular weight excluding hydrogens is 448 g/mol. The molecule has 4 saturated carbocycles. The Morgan fingerprint density at radius 2 is 1.84 bits per heavy atom. The van der Waals surface area contributed by atoms with E-state index in [0.717, 1.165) is 37.1 Å². The van der Waals surface area contributed by atoms with Crippen LogP contribution in [-0.4, -0.2) is 52.1 Å². The van der Waals surface area contributed by atoms with E-state index in [0.29, 0.717) is 12.2 Å². The van der Waals surface area contributed by atoms with Crippen molar-refractivity contribution in [3.63, 3.8) is 0 Å². The van der Waals surface area contributed by atoms with Crippen molar-refractivity contribution in [3.8, 4) is 0 Å². The molecule has 1 heterocycles. The molecule has 1 aliphatic heterocycles. The van der Waals surface area contributed by atoms with Crippen LogP contribution in [0.2, 0.25) is 5.02 Å². The number of nitrogens with one attached hydrogen (secondary N) is 1. The van der Waals surface area contributed by atoms with Crippen LogP contribution in [0.5, 0.6) is 0 Å². The largest absolute Gasteiger partial charge is 0.377 e. The summed E-state index contributed by atoms with van der Waals surface area (Å²) in [6, 6.07) is 4.55. The van der Waals surface area contributed by atoms with Gasteiger partial charge >= 0.3 is 0 Å². The van der Waals surface area contributed by atoms with Crippen molar-refractivity contribution in [2.24, 2.45) is 23.2 Å². The number of sulfonamides is 1. The van der Waals surface area contributed by atoms with E-state index in [4.69, 9.17) is 16.3 Å². The molecule has 1 N–H and O–H groups in total. The molecule has 0 radical (unpaired) electrons. The molecule has 0 unspecified atom stereocenters. The highest BCUT2D eigenvalue weighted by molar-refractivity contribution is 7.89. The molecule has 32 heavy (non-hydrogen) atoms. The number of rotatable bonds is 7. The Hall–Kier alpha value is -1.15. The van der Waals surface area contributed by atoms with Gasteiger partial charge in [0.2, 0.25) is 10.0 Å². The minimum Gasteiger partial charge on any atom is -0.377 e. The number of amides is 1. The summed E-state index contributed by atoms with van der Waals surface area (Å²) in [5, 5.41) is 0.116. The fourth-order valence-corrected chi connectivity index (χ4v) is 8.80. The van der Waals surface area contributed by atoms with Crippen molar-refractivity contribution in [1.82, 2.24) is 9.62 Å². The molecule has 0 spiro atoms. The first-order chi connectivity index (χ1) is 15.2. The minimum atomic E-state index is -3.84. The highest BCUT2D eigenvalue weighted by Gasteiger charge is 2.51. The zero-order chi connectivity index (χ0) is 22.5. The molecule has 4 bridgehead atoms. The van der Waals surface area contributed by atoms with E-state index >= 15 is 0 Å². The molecule has 1 atom stereocenters. The van der Waals surface area contributed by atoms with E-state index in [1.54, 1.807) is 11.0 Å². The lowest BCUT2D eigenvalue weighted by atomic mass is 9.49. The van der Waals surface area contributed by atoms with Crippen LogP contribution >= 0.6 is 11.6 Å². The van der Waals surface area contributed by atoms with Gasteiger partial charge in [0.1, 0.15) is 4.90 Å². The second-order valence-corrected chi connectivity index (χ2v) is 12.9. The van der Waals surface area contributed by atoms with Crippen LogP contribution in [0, 0.1) is 23.2 Å². The maximum Gasteiger partial charge on any atom is 0.253 e. The van der Waals surface area contributed by atoms with Gasteiger partial charge in [0.25, 0.3) is 5.91 Å². The van der Waals surface area contributed by atoms with E-state index in [1.165, 1.54) is 50.7 Å². The summed E-state index contributed by atoms with van der Waals surface area (Å²) >= 11 is 6.23. The molecule has 6 rings (SSSR count). The monoisotopic (exact) mass is 480 g/mol. The summed E-state index contributed by atoms with van der Waals surface area (Å²) in [5.41, 5.74) is 0.600. The third-order valence-corrected chi connectivity index (χ3v) is 9.98. The highest BCUT2D eigenvalue weighted by Crippen LogP contribution is 2.60. The van der Waals surface area contributed by atoms with Gasteiger partial charge in [-0.1, -0.05) is 11.6 Å². The molecule has 1 aromatic rings. The van der Waals surface area contributed by atoms with Gasteiger partial charge in [-0.05, 0) is 92.7 Å². The Balaban J connectivity index is 1.29. The number of ether oxygens (including phenoxy) is 1. The first kappa shape index (κ1) is 22.6. The fourth-order valence-electron chi connectivity index (χ4n) is 7.21. The number of carbonyl (C=O) groups is 1. The number of carbonyl (C=O) groups excluding carboxylic acids is 1. The molecule has 0 aromatic heterocycles. The first-order valence-corrected chi connectivity index (χ1v) is 13.8. The van der Waals surface area contributed by atoms with Gasteiger partial charge in [-0.15, -0.1) is 0 Å². The Kier molecular flexibility index (Phi) is 6.06. The summed E-state index contributed by atoms with van der Waals surface area (Å²) in [7, 11) is -1.99. The molecule has 5 aliphatic rings. The zero-order valence-corrected chi connectivity index (χ0v) is 20.3. The Labute approximate surface area is 196 Å². The summed E-state index contributed by atoms with van der Waals surface area (Å²) in [4.78, 5) is 15.0. The fraction of sp³-hybridized carbons (Fsp3) is 0.708. The zero-order valence-electron chi connectivity index (χ0n) is 18.7. The lowest BCUT2D eigenvalue weighted by molar-refractivity contribution is -0.0629. The second kappa shape index (κ2) is 8.57. The molecule has 1 saturated heterocycles. The number of nitrogens with zero attached hydrogens (tertiary/aromatic N) is 1. The third kappa shape index (κ3) is 4.46. The predicted molar refractivity (Wildman–Crippen MR) is 123 cm³/mol. The number of hydrogen-bond acceptors (Lipinski definition) is 4. The molecule has 1 amide bonds. The van der Waals surface area contributed by atoms with Crippen LogP contribution in [-0.2, 0) is 14.8 Å². The Bertz CT molecular complexity index is 954. The first-order valence-electron chi connectivity index (χ1n) is 11.9. The molecule has 5 fully saturated rings. The van der Waals surface area contributed by atoms with E-state index in [9.17, 15) is 13.2 Å². The maximum absolute atomic E-state index is 13.3. The maximum atomic E-state index is 13.3. The van der Waals surface area contributed by atoms with Gasteiger partial charge in [-0.2, -0.15) is 0 Å². The molecule has 4 aliphatic carbocycles. The van der Waals surface area contributed by atoms with Crippen molar-refractivity contribution in [1.29, 1.82) is 0 Å². The lowest BCUT2D eigenvalue weighted by Crippen LogP contribution is -2.51. The standard InChI is InChI=1S/C24H33ClN2O4S/c1-27(15-24-11-16-7-17(12-24)9-18(8-16)13-24)23(28)19-4-5-21(25)22(10-19)32(29,30)26-14-20-3-2-6-31-20/h4-5,10,16-18,20,26H,2-3,6-9,11-15H2,1H3/t16?,17?,18?,20-,24?/m1/s1. The quantitative estimate of drug-likeness (QED) is 0.637. The molecule has 8 heteroatoms. The third-order valence-electron chi connectivity index (χ3n) is 8.08. The highest BCUT2D eigenvalue weighted by atomic mass is 35.5. The van der Waals surface area contributed by atoms with Crippen molar-refractivity contribution in [3.05, 3.63) is 28.8 Å². The predicted octanol–water partition coefficient (Wildman–Crippen LogP) is 4.09. The summed E-state index contributed by atoms with van der Waals surface area (Å²) in [5.74, 6) is 2.33. The van der Waals surface area contributed by atoms with E-state index in [1.807, 2.05) is 7.05 Å². The molecule has 6 nitrogen and oxygen atoms in total. The van der Waals surface area contributed by atoms with Crippen LogP contribution < -0.4 is 4.72 Å². The van der Waals surface area contributed by atoms with Crippen molar-refractivity contribution >= 4 is 27.5 Å². The summed E-state index contributed by atoms with van der Waals surface area (Å²) in [6.45, 7) is 1.62. The Morgan fingerprint density at radius 1 is 1.19 bits per heavy atom. The van der Waals surface area contributed by atoms with Gasteiger partial charge in [-0.25, -0.2) is 13.1 Å². The van der Waals surface area contributed by atoms with E-state index in [2.05, 4.69) is 4.72 Å². The summed E-state index contributed by atoms with van der Waals surface area (Å²) < 4.78 is 33.9. The van der Waals surface area contributed by atoms with Gasteiger partial charge in [-0.3, -0.25) is 4.79 Å². The SMILES string of the molecule is CN(CC12CC3CC(CC(C3)C1)C2)C(=O)c1ccc(Cl)c(S(=O)(=O)NC[C@H]2CCCO2)c1. The molecule has 176 valence electrons. The van der Waals surface area contributed by atoms with Gasteiger partial charge in [0.15, 0.2) is 0 Å². The van der Waals surface area contributed by atoms with Gasteiger partial charge in [0, 0.05) is 32.3 Å². The minimum absolute atomic E-state index is 0.0498. The second-order valence-electron chi connectivity index (χ2n) is 10.7. The lowest BCUT2D eigenvalue weighted by Gasteiger charge is -2.57. The van der Waals surface area contributed by atoms with Crippen LogP contribution in [0.25, 0.3) is 0 Å². The van der Waals surface area contributed by atoms with E-state index in [-0.39, 0.29) is 33.9 Å². The topological polar surface area (TPSA) is 75.7 Å². The van der Waals surface area contributed by atoms with E-state index < -0.39 is 10.0 Å².